The molecule has 0 saturated heterocycles. The van der Waals surface area contributed by atoms with Crippen LogP contribution in [0.3, 0.4) is 0 Å². The second kappa shape index (κ2) is 5.95. The van der Waals surface area contributed by atoms with Gasteiger partial charge in [-0.15, -0.1) is 0 Å². The van der Waals surface area contributed by atoms with Gasteiger partial charge in [0.25, 0.3) is 0 Å². The molecular formula is C14H10Cl2O3. The molecule has 0 heterocycles. The third kappa shape index (κ3) is 3.88. The van der Waals surface area contributed by atoms with E-state index in [1.807, 2.05) is 12.1 Å². The van der Waals surface area contributed by atoms with Gasteiger partial charge in [0, 0.05) is 10.0 Å². The lowest BCUT2D eigenvalue weighted by molar-refractivity contribution is 0.0696. The van der Waals surface area contributed by atoms with E-state index in [4.69, 9.17) is 33.0 Å². The van der Waals surface area contributed by atoms with Crippen LogP contribution in [0.1, 0.15) is 15.9 Å². The zero-order valence-corrected chi connectivity index (χ0v) is 11.3. The molecule has 0 aliphatic carbocycles. The minimum Gasteiger partial charge on any atom is -0.489 e. The number of ether oxygens (including phenoxy) is 1. The van der Waals surface area contributed by atoms with E-state index in [-0.39, 0.29) is 5.56 Å². The SMILES string of the molecule is O=C(O)c1cc(Cl)cc(OCc2ccc(Cl)cc2)c1. The predicted molar refractivity (Wildman–Crippen MR) is 74.2 cm³/mol. The Morgan fingerprint density at radius 3 is 2.37 bits per heavy atom. The van der Waals surface area contributed by atoms with Gasteiger partial charge >= 0.3 is 5.97 Å². The third-order valence-electron chi connectivity index (χ3n) is 2.44. The number of benzene rings is 2. The summed E-state index contributed by atoms with van der Waals surface area (Å²) in [6.45, 7) is 0.316. The zero-order chi connectivity index (χ0) is 13.8. The monoisotopic (exact) mass is 296 g/mol. The van der Waals surface area contributed by atoms with E-state index in [1.54, 1.807) is 18.2 Å². The van der Waals surface area contributed by atoms with E-state index in [1.165, 1.54) is 12.1 Å². The predicted octanol–water partition coefficient (Wildman–Crippen LogP) is 4.27. The Morgan fingerprint density at radius 1 is 1.05 bits per heavy atom. The van der Waals surface area contributed by atoms with Crippen molar-refractivity contribution in [1.82, 2.24) is 0 Å². The number of aromatic carboxylic acids is 1. The first-order valence-corrected chi connectivity index (χ1v) is 6.21. The van der Waals surface area contributed by atoms with E-state index in [2.05, 4.69) is 0 Å². The zero-order valence-electron chi connectivity index (χ0n) is 9.77. The molecule has 0 aliphatic rings. The lowest BCUT2D eigenvalue weighted by Gasteiger charge is -2.08. The van der Waals surface area contributed by atoms with E-state index in [9.17, 15) is 4.79 Å². The maximum atomic E-state index is 10.9. The van der Waals surface area contributed by atoms with Gasteiger partial charge in [0.1, 0.15) is 12.4 Å². The molecular weight excluding hydrogens is 287 g/mol. The average Bonchev–Trinajstić information content (AvgIpc) is 2.37. The van der Waals surface area contributed by atoms with Gasteiger partial charge in [0.2, 0.25) is 0 Å². The Kier molecular flexibility index (Phi) is 4.30. The highest BCUT2D eigenvalue weighted by molar-refractivity contribution is 6.31. The Bertz CT molecular complexity index is 594. The fourth-order valence-corrected chi connectivity index (χ4v) is 1.87. The molecule has 0 radical (unpaired) electrons. The van der Waals surface area contributed by atoms with Crippen LogP contribution in [0, 0.1) is 0 Å². The van der Waals surface area contributed by atoms with Gasteiger partial charge in [-0.05, 0) is 35.9 Å². The van der Waals surface area contributed by atoms with Crippen LogP contribution in [0.2, 0.25) is 10.0 Å². The fraction of sp³-hybridized carbons (Fsp3) is 0.0714. The Morgan fingerprint density at radius 2 is 1.74 bits per heavy atom. The number of hydrogen-bond acceptors (Lipinski definition) is 2. The van der Waals surface area contributed by atoms with Gasteiger partial charge in [-0.1, -0.05) is 35.3 Å². The highest BCUT2D eigenvalue weighted by Crippen LogP contribution is 2.22. The van der Waals surface area contributed by atoms with Crippen molar-refractivity contribution in [3.63, 3.8) is 0 Å². The molecule has 0 spiro atoms. The summed E-state index contributed by atoms with van der Waals surface area (Å²) in [5, 5.41) is 9.90. The van der Waals surface area contributed by atoms with Gasteiger partial charge in [0.15, 0.2) is 0 Å². The largest absolute Gasteiger partial charge is 0.489 e. The second-order valence-corrected chi connectivity index (χ2v) is 4.77. The maximum Gasteiger partial charge on any atom is 0.335 e. The minimum absolute atomic E-state index is 0.0959. The maximum absolute atomic E-state index is 10.9. The summed E-state index contributed by atoms with van der Waals surface area (Å²) in [4.78, 5) is 10.9. The molecule has 1 N–H and O–H groups in total. The van der Waals surface area contributed by atoms with Crippen LogP contribution in [0.4, 0.5) is 0 Å². The normalized spacial score (nSPS) is 10.2. The molecule has 0 bridgehead atoms. The molecule has 19 heavy (non-hydrogen) atoms. The Balaban J connectivity index is 2.11. The van der Waals surface area contributed by atoms with Crippen molar-refractivity contribution in [2.75, 3.05) is 0 Å². The van der Waals surface area contributed by atoms with Crippen molar-refractivity contribution in [3.05, 3.63) is 63.6 Å². The molecule has 0 fully saturated rings. The van der Waals surface area contributed by atoms with Crippen molar-refractivity contribution < 1.29 is 14.6 Å². The minimum atomic E-state index is -1.04. The van der Waals surface area contributed by atoms with Crippen LogP contribution in [-0.4, -0.2) is 11.1 Å². The fourth-order valence-electron chi connectivity index (χ4n) is 1.52. The number of carbonyl (C=O) groups is 1. The Labute approximate surface area is 120 Å². The molecule has 2 aromatic carbocycles. The quantitative estimate of drug-likeness (QED) is 0.916. The van der Waals surface area contributed by atoms with E-state index in [0.29, 0.717) is 22.4 Å². The van der Waals surface area contributed by atoms with Crippen LogP contribution in [0.15, 0.2) is 42.5 Å². The van der Waals surface area contributed by atoms with Gasteiger partial charge in [0.05, 0.1) is 5.56 Å². The van der Waals surface area contributed by atoms with Crippen LogP contribution in [-0.2, 0) is 6.61 Å². The molecule has 0 atom stereocenters. The number of halogens is 2. The first-order valence-electron chi connectivity index (χ1n) is 5.46. The van der Waals surface area contributed by atoms with E-state index >= 15 is 0 Å². The van der Waals surface area contributed by atoms with Crippen molar-refractivity contribution in [1.29, 1.82) is 0 Å². The average molecular weight is 297 g/mol. The molecule has 98 valence electrons. The lowest BCUT2D eigenvalue weighted by atomic mass is 10.2. The van der Waals surface area contributed by atoms with Gasteiger partial charge in [-0.3, -0.25) is 0 Å². The van der Waals surface area contributed by atoms with Gasteiger partial charge in [-0.25, -0.2) is 4.79 Å². The smallest absolute Gasteiger partial charge is 0.335 e. The molecule has 3 nitrogen and oxygen atoms in total. The van der Waals surface area contributed by atoms with Crippen molar-refractivity contribution in [2.45, 2.75) is 6.61 Å². The number of hydrogen-bond donors (Lipinski definition) is 1. The summed E-state index contributed by atoms with van der Waals surface area (Å²) < 4.78 is 5.51. The van der Waals surface area contributed by atoms with Crippen molar-refractivity contribution in [3.8, 4) is 5.75 Å². The van der Waals surface area contributed by atoms with Crippen LogP contribution >= 0.6 is 23.2 Å². The summed E-state index contributed by atoms with van der Waals surface area (Å²) in [5.41, 5.74) is 1.03. The summed E-state index contributed by atoms with van der Waals surface area (Å²) in [6.07, 6.45) is 0. The first kappa shape index (κ1) is 13.7. The van der Waals surface area contributed by atoms with Gasteiger partial charge < -0.3 is 9.84 Å². The Hall–Kier alpha value is -1.71. The lowest BCUT2D eigenvalue weighted by Crippen LogP contribution is -1.99. The number of carboxylic acid groups (broad SMARTS) is 1. The van der Waals surface area contributed by atoms with Crippen molar-refractivity contribution in [2.24, 2.45) is 0 Å². The standard InChI is InChI=1S/C14H10Cl2O3/c15-11-3-1-9(2-4-11)8-19-13-6-10(14(17)18)5-12(16)7-13/h1-7H,8H2,(H,17,18). The molecule has 5 heteroatoms. The van der Waals surface area contributed by atoms with Crippen molar-refractivity contribution >= 4 is 29.2 Å². The number of carboxylic acids is 1. The summed E-state index contributed by atoms with van der Waals surface area (Å²) in [7, 11) is 0. The molecule has 0 aromatic heterocycles. The summed E-state index contributed by atoms with van der Waals surface area (Å²) in [6, 6.07) is 11.6. The molecule has 0 saturated carbocycles. The van der Waals surface area contributed by atoms with Crippen LogP contribution in [0.5, 0.6) is 5.75 Å². The van der Waals surface area contributed by atoms with Gasteiger partial charge in [-0.2, -0.15) is 0 Å². The second-order valence-electron chi connectivity index (χ2n) is 3.90. The molecule has 2 rings (SSSR count). The number of rotatable bonds is 4. The van der Waals surface area contributed by atoms with E-state index < -0.39 is 5.97 Å². The molecule has 0 unspecified atom stereocenters. The molecule has 2 aromatic rings. The van der Waals surface area contributed by atoms with Crippen LogP contribution < -0.4 is 4.74 Å². The first-order chi connectivity index (χ1) is 9.04. The molecule has 0 amide bonds. The van der Waals surface area contributed by atoms with Crippen LogP contribution in [0.25, 0.3) is 0 Å². The van der Waals surface area contributed by atoms with E-state index in [0.717, 1.165) is 5.56 Å². The summed E-state index contributed by atoms with van der Waals surface area (Å²) >= 11 is 11.6. The summed E-state index contributed by atoms with van der Waals surface area (Å²) in [5.74, 6) is -0.626. The molecule has 0 aliphatic heterocycles. The topological polar surface area (TPSA) is 46.5 Å². The third-order valence-corrected chi connectivity index (χ3v) is 2.91. The highest BCUT2D eigenvalue weighted by Gasteiger charge is 2.07. The highest BCUT2D eigenvalue weighted by atomic mass is 35.5.